The summed E-state index contributed by atoms with van der Waals surface area (Å²) in [6, 6.07) is 3.44. The van der Waals surface area contributed by atoms with Gasteiger partial charge in [0, 0.05) is 0 Å². The fourth-order valence-electron chi connectivity index (χ4n) is 1.33. The molecule has 0 spiro atoms. The summed E-state index contributed by atoms with van der Waals surface area (Å²) in [5, 5.41) is 0.187. The maximum absolute atomic E-state index is 12.6. The minimum atomic E-state index is -4.43. The molecule has 0 aliphatic carbocycles. The lowest BCUT2D eigenvalue weighted by atomic mass is 10.2. The molecule has 0 aliphatic rings. The van der Waals surface area contributed by atoms with Gasteiger partial charge in [-0.15, -0.1) is 0 Å². The second-order valence-corrected chi connectivity index (χ2v) is 4.62. The zero-order valence-electron chi connectivity index (χ0n) is 9.28. The van der Waals surface area contributed by atoms with Gasteiger partial charge in [0.2, 0.25) is 0 Å². The number of hydrogen-bond donors (Lipinski definition) is 1. The predicted octanol–water partition coefficient (Wildman–Crippen LogP) is 3.74. The van der Waals surface area contributed by atoms with Crippen LogP contribution in [-0.4, -0.2) is 4.98 Å². The van der Waals surface area contributed by atoms with E-state index < -0.39 is 11.7 Å². The predicted molar refractivity (Wildman–Crippen MR) is 61.2 cm³/mol. The number of halogens is 3. The molecule has 0 atom stereocenters. The summed E-state index contributed by atoms with van der Waals surface area (Å²) in [6.07, 6.45) is -2.97. The minimum Gasteiger partial charge on any atom is -0.468 e. The van der Waals surface area contributed by atoms with E-state index in [1.54, 1.807) is 13.0 Å². The van der Waals surface area contributed by atoms with Crippen LogP contribution in [0.5, 0.6) is 0 Å². The van der Waals surface area contributed by atoms with Crippen LogP contribution in [-0.2, 0) is 6.18 Å². The van der Waals surface area contributed by atoms with Gasteiger partial charge in [-0.25, -0.2) is 4.98 Å². The second kappa shape index (κ2) is 4.56. The Morgan fingerprint density at radius 1 is 1.33 bits per heavy atom. The molecule has 0 aliphatic heterocycles. The largest absolute Gasteiger partial charge is 0.468 e. The Bertz CT molecular complexity index is 566. The van der Waals surface area contributed by atoms with Crippen molar-refractivity contribution in [3.63, 3.8) is 0 Å². The molecule has 18 heavy (non-hydrogen) atoms. The summed E-state index contributed by atoms with van der Waals surface area (Å²) in [6.45, 7) is 1.72. The topological polar surface area (TPSA) is 52.0 Å². The van der Waals surface area contributed by atoms with Crippen LogP contribution in [0.4, 0.5) is 19.0 Å². The number of furan rings is 1. The first kappa shape index (κ1) is 12.8. The highest BCUT2D eigenvalue weighted by Crippen LogP contribution is 2.35. The van der Waals surface area contributed by atoms with E-state index in [0.717, 1.165) is 23.9 Å². The summed E-state index contributed by atoms with van der Waals surface area (Å²) in [5.41, 5.74) is 4.57. The number of nitrogens with zero attached hydrogens (tertiary/aromatic N) is 1. The number of pyridine rings is 1. The summed E-state index contributed by atoms with van der Waals surface area (Å²) < 4.78 is 42.8. The summed E-state index contributed by atoms with van der Waals surface area (Å²) in [7, 11) is 0. The van der Waals surface area contributed by atoms with Crippen molar-refractivity contribution in [2.75, 3.05) is 5.73 Å². The Balaban J connectivity index is 2.35. The van der Waals surface area contributed by atoms with Crippen molar-refractivity contribution in [3.8, 4) is 0 Å². The molecular formula is C11H9F3N2OS. The molecular weight excluding hydrogens is 265 g/mol. The Morgan fingerprint density at radius 2 is 2.06 bits per heavy atom. The third-order valence-corrected chi connectivity index (χ3v) is 3.24. The van der Waals surface area contributed by atoms with Gasteiger partial charge in [0.1, 0.15) is 16.6 Å². The maximum atomic E-state index is 12.6. The minimum absolute atomic E-state index is 0.159. The molecule has 0 saturated carbocycles. The van der Waals surface area contributed by atoms with Crippen molar-refractivity contribution in [2.45, 2.75) is 23.0 Å². The van der Waals surface area contributed by atoms with Crippen LogP contribution in [0.2, 0.25) is 0 Å². The van der Waals surface area contributed by atoms with Gasteiger partial charge in [-0.05, 0) is 25.1 Å². The number of nitrogens with two attached hydrogens (primary N) is 1. The van der Waals surface area contributed by atoms with E-state index in [-0.39, 0.29) is 10.8 Å². The molecule has 0 saturated heterocycles. The van der Waals surface area contributed by atoms with Gasteiger partial charge in [0.25, 0.3) is 0 Å². The van der Waals surface area contributed by atoms with Gasteiger partial charge < -0.3 is 10.2 Å². The lowest BCUT2D eigenvalue weighted by Crippen LogP contribution is -2.07. The SMILES string of the molecule is Cc1occc1Sc1cc(C(F)(F)F)cc(N)n1. The van der Waals surface area contributed by atoms with E-state index in [4.69, 9.17) is 10.2 Å². The van der Waals surface area contributed by atoms with Gasteiger partial charge >= 0.3 is 6.18 Å². The number of anilines is 1. The van der Waals surface area contributed by atoms with Crippen LogP contribution < -0.4 is 5.73 Å². The molecule has 0 radical (unpaired) electrons. The molecule has 2 rings (SSSR count). The van der Waals surface area contributed by atoms with Crippen LogP contribution in [0.1, 0.15) is 11.3 Å². The van der Waals surface area contributed by atoms with Gasteiger partial charge in [-0.1, -0.05) is 11.8 Å². The molecule has 0 unspecified atom stereocenters. The van der Waals surface area contributed by atoms with E-state index >= 15 is 0 Å². The Labute approximate surface area is 105 Å². The molecule has 2 aromatic rings. The molecule has 7 heteroatoms. The summed E-state index contributed by atoms with van der Waals surface area (Å²) >= 11 is 1.08. The zero-order valence-corrected chi connectivity index (χ0v) is 10.1. The first-order valence-electron chi connectivity index (χ1n) is 4.93. The monoisotopic (exact) mass is 274 g/mol. The number of alkyl halides is 3. The average molecular weight is 274 g/mol. The highest BCUT2D eigenvalue weighted by atomic mass is 32.2. The van der Waals surface area contributed by atoms with E-state index in [1.807, 2.05) is 0 Å². The Hall–Kier alpha value is -1.63. The third kappa shape index (κ3) is 2.79. The van der Waals surface area contributed by atoms with Crippen molar-refractivity contribution in [1.29, 1.82) is 0 Å². The number of aromatic nitrogens is 1. The fourth-order valence-corrected chi connectivity index (χ4v) is 2.21. The first-order chi connectivity index (χ1) is 8.36. The number of hydrogen-bond acceptors (Lipinski definition) is 4. The third-order valence-electron chi connectivity index (χ3n) is 2.17. The molecule has 96 valence electrons. The molecule has 3 nitrogen and oxygen atoms in total. The fraction of sp³-hybridized carbons (Fsp3) is 0.182. The normalized spacial score (nSPS) is 11.8. The Kier molecular flexibility index (Phi) is 3.25. The number of aryl methyl sites for hydroxylation is 1. The van der Waals surface area contributed by atoms with Crippen LogP contribution in [0.15, 0.2) is 38.8 Å². The van der Waals surface area contributed by atoms with Gasteiger partial charge in [0.15, 0.2) is 0 Å². The zero-order chi connectivity index (χ0) is 13.3. The van der Waals surface area contributed by atoms with E-state index in [0.29, 0.717) is 10.7 Å². The molecule has 2 heterocycles. The highest BCUT2D eigenvalue weighted by molar-refractivity contribution is 7.99. The second-order valence-electron chi connectivity index (χ2n) is 3.56. The van der Waals surface area contributed by atoms with Crippen LogP contribution in [0.3, 0.4) is 0 Å². The summed E-state index contributed by atoms with van der Waals surface area (Å²) in [4.78, 5) is 4.57. The lowest BCUT2D eigenvalue weighted by Gasteiger charge is -2.09. The maximum Gasteiger partial charge on any atom is 0.416 e. The smallest absolute Gasteiger partial charge is 0.416 e. The van der Waals surface area contributed by atoms with Gasteiger partial charge in [-0.3, -0.25) is 0 Å². The van der Waals surface area contributed by atoms with Crippen molar-refractivity contribution in [1.82, 2.24) is 4.98 Å². The Morgan fingerprint density at radius 3 is 2.61 bits per heavy atom. The molecule has 0 fully saturated rings. The average Bonchev–Trinajstić information content (AvgIpc) is 2.62. The van der Waals surface area contributed by atoms with E-state index in [1.165, 1.54) is 6.26 Å². The molecule has 2 aromatic heterocycles. The molecule has 0 aromatic carbocycles. The van der Waals surface area contributed by atoms with Crippen molar-refractivity contribution in [3.05, 3.63) is 35.8 Å². The number of nitrogen functional groups attached to an aromatic ring is 1. The standard InChI is InChI=1S/C11H9F3N2OS/c1-6-8(2-3-17-6)18-10-5-7(11(12,13)14)4-9(15)16-10/h2-5H,1H3,(H2,15,16). The van der Waals surface area contributed by atoms with Crippen molar-refractivity contribution >= 4 is 17.6 Å². The molecule has 0 amide bonds. The first-order valence-corrected chi connectivity index (χ1v) is 5.74. The van der Waals surface area contributed by atoms with Crippen molar-refractivity contribution in [2.24, 2.45) is 0 Å². The van der Waals surface area contributed by atoms with Crippen LogP contribution >= 0.6 is 11.8 Å². The number of rotatable bonds is 2. The van der Waals surface area contributed by atoms with E-state index in [2.05, 4.69) is 4.98 Å². The van der Waals surface area contributed by atoms with Gasteiger partial charge in [-0.2, -0.15) is 13.2 Å². The van der Waals surface area contributed by atoms with E-state index in [9.17, 15) is 13.2 Å². The molecule has 0 bridgehead atoms. The van der Waals surface area contributed by atoms with Crippen molar-refractivity contribution < 1.29 is 17.6 Å². The summed E-state index contributed by atoms with van der Waals surface area (Å²) in [5.74, 6) is 0.464. The molecule has 2 N–H and O–H groups in total. The highest BCUT2D eigenvalue weighted by Gasteiger charge is 2.31. The van der Waals surface area contributed by atoms with Gasteiger partial charge in [0.05, 0.1) is 16.7 Å². The quantitative estimate of drug-likeness (QED) is 0.906. The van der Waals surface area contributed by atoms with Crippen LogP contribution in [0, 0.1) is 6.92 Å². The lowest BCUT2D eigenvalue weighted by molar-refractivity contribution is -0.137. The van der Waals surface area contributed by atoms with Crippen LogP contribution in [0.25, 0.3) is 0 Å².